The minimum atomic E-state index is -0.568. The summed E-state index contributed by atoms with van der Waals surface area (Å²) in [7, 11) is 0. The highest BCUT2D eigenvalue weighted by Crippen LogP contribution is 2.50. The fraction of sp³-hybridized carbons (Fsp3) is 0.486. The number of benzene rings is 2. The summed E-state index contributed by atoms with van der Waals surface area (Å²) < 4.78 is 1.17. The molecule has 0 unspecified atom stereocenters. The summed E-state index contributed by atoms with van der Waals surface area (Å²) in [6, 6.07) is 18.0. The first-order valence-corrected chi connectivity index (χ1v) is 17.0. The first kappa shape index (κ1) is 31.1. The fourth-order valence-corrected chi connectivity index (χ4v) is 8.05. The molecule has 1 spiro atoms. The number of rotatable bonds is 10. The van der Waals surface area contributed by atoms with Crippen LogP contribution >= 0.6 is 11.3 Å². The molecule has 1 aliphatic carbocycles. The van der Waals surface area contributed by atoms with Gasteiger partial charge in [-0.3, -0.25) is 9.59 Å². The standard InChI is InChI=1S/C35H43N7O2S/c1-5-6-7-11-27(23-13-15-24(16-14-23)32(43)36-22-30-38-40-41-39-30)42-33(44)31(29-21-25-10-8-9-12-28(25)45-29)37-35(42)19-17-26(18-20-35)34(2,3)4/h8-10,12-16,21,26-27H,5-7,11,17-20,22H2,1-4H3,(H,36,43)(H,38,39,40,41)/t26?,27-,35?/m1/s1. The second-order valence-electron chi connectivity index (χ2n) is 13.6. The average molecular weight is 626 g/mol. The SMILES string of the molecule is CCCCC[C@H](c1ccc(C(=O)NCc2nn[nH]n2)cc1)N1C(=O)C(c2cc3ccccc3s2)=NC12CCC(C(C)(C)C)CC2. The lowest BCUT2D eigenvalue weighted by molar-refractivity contribution is -0.133. The van der Waals surface area contributed by atoms with Crippen molar-refractivity contribution in [3.63, 3.8) is 0 Å². The van der Waals surface area contributed by atoms with E-state index in [2.05, 4.69) is 76.7 Å². The van der Waals surface area contributed by atoms with Crippen molar-refractivity contribution < 1.29 is 9.59 Å². The molecule has 0 bridgehead atoms. The molecule has 6 rings (SSSR count). The van der Waals surface area contributed by atoms with Crippen molar-refractivity contribution in [1.82, 2.24) is 30.8 Å². The predicted octanol–water partition coefficient (Wildman–Crippen LogP) is 7.23. The first-order valence-electron chi connectivity index (χ1n) is 16.2. The van der Waals surface area contributed by atoms with Crippen molar-refractivity contribution in [3.05, 3.63) is 76.4 Å². The van der Waals surface area contributed by atoms with E-state index in [-0.39, 0.29) is 29.8 Å². The molecule has 236 valence electrons. The lowest BCUT2D eigenvalue weighted by atomic mass is 9.69. The predicted molar refractivity (Wildman–Crippen MR) is 178 cm³/mol. The Labute approximate surface area is 268 Å². The Morgan fingerprint density at radius 2 is 1.87 bits per heavy atom. The normalized spacial score (nSPS) is 21.0. The van der Waals surface area contributed by atoms with Gasteiger partial charge in [-0.05, 0) is 78.7 Å². The summed E-state index contributed by atoms with van der Waals surface area (Å²) in [5, 5.41) is 17.7. The van der Waals surface area contributed by atoms with Gasteiger partial charge in [-0.25, -0.2) is 4.99 Å². The minimum Gasteiger partial charge on any atom is -0.345 e. The molecule has 2 aliphatic rings. The lowest BCUT2D eigenvalue weighted by Crippen LogP contribution is -2.51. The van der Waals surface area contributed by atoms with Crippen molar-refractivity contribution >= 4 is 38.9 Å². The van der Waals surface area contributed by atoms with E-state index in [4.69, 9.17) is 4.99 Å². The van der Waals surface area contributed by atoms with E-state index in [1.807, 2.05) is 36.4 Å². The van der Waals surface area contributed by atoms with Crippen LogP contribution < -0.4 is 5.32 Å². The van der Waals surface area contributed by atoms with Crippen LogP contribution in [0, 0.1) is 11.3 Å². The number of carbonyl (C=O) groups excluding carboxylic acids is 2. The molecule has 0 saturated heterocycles. The maximum Gasteiger partial charge on any atom is 0.276 e. The minimum absolute atomic E-state index is 0.0270. The second-order valence-corrected chi connectivity index (χ2v) is 14.6. The molecular formula is C35H43N7O2S. The smallest absolute Gasteiger partial charge is 0.276 e. The fourth-order valence-electron chi connectivity index (χ4n) is 7.01. The first-order chi connectivity index (χ1) is 21.7. The molecule has 2 aromatic heterocycles. The second kappa shape index (κ2) is 12.8. The monoisotopic (exact) mass is 625 g/mol. The average Bonchev–Trinajstić information content (AvgIpc) is 3.77. The van der Waals surface area contributed by atoms with Gasteiger partial charge in [-0.15, -0.1) is 21.5 Å². The number of nitrogens with zero attached hydrogens (tertiary/aromatic N) is 5. The Kier molecular flexibility index (Phi) is 8.86. The topological polar surface area (TPSA) is 116 Å². The summed E-state index contributed by atoms with van der Waals surface area (Å²) in [6.07, 6.45) is 7.85. The summed E-state index contributed by atoms with van der Waals surface area (Å²) in [5.41, 5.74) is 1.84. The van der Waals surface area contributed by atoms with Gasteiger partial charge in [0.1, 0.15) is 11.4 Å². The lowest BCUT2D eigenvalue weighted by Gasteiger charge is -2.47. The Morgan fingerprint density at radius 3 is 2.53 bits per heavy atom. The molecule has 1 aliphatic heterocycles. The van der Waals surface area contributed by atoms with Gasteiger partial charge in [0.2, 0.25) is 0 Å². The van der Waals surface area contributed by atoms with Crippen LogP contribution in [0.2, 0.25) is 0 Å². The van der Waals surface area contributed by atoms with Crippen LogP contribution in [0.25, 0.3) is 10.1 Å². The number of thiophene rings is 1. The number of tetrazole rings is 1. The van der Waals surface area contributed by atoms with Gasteiger partial charge >= 0.3 is 0 Å². The van der Waals surface area contributed by atoms with Gasteiger partial charge in [-0.2, -0.15) is 5.21 Å². The van der Waals surface area contributed by atoms with Crippen molar-refractivity contribution in [1.29, 1.82) is 0 Å². The number of amides is 2. The number of hydrogen-bond donors (Lipinski definition) is 2. The Bertz CT molecular complexity index is 1630. The van der Waals surface area contributed by atoms with Crippen molar-refractivity contribution in [2.45, 2.75) is 97.3 Å². The van der Waals surface area contributed by atoms with E-state index in [1.54, 1.807) is 11.3 Å². The van der Waals surface area contributed by atoms with Crippen molar-refractivity contribution in [3.8, 4) is 0 Å². The number of carbonyl (C=O) groups is 2. The number of aliphatic imine (C=N–C) groups is 1. The third-order valence-electron chi connectivity index (χ3n) is 9.61. The van der Waals surface area contributed by atoms with Gasteiger partial charge in [0.15, 0.2) is 5.82 Å². The van der Waals surface area contributed by atoms with Crippen molar-refractivity contribution in [2.24, 2.45) is 16.3 Å². The zero-order valence-electron chi connectivity index (χ0n) is 26.7. The van der Waals surface area contributed by atoms with Crippen LogP contribution in [0.1, 0.15) is 112 Å². The molecule has 0 radical (unpaired) electrons. The van der Waals surface area contributed by atoms with E-state index < -0.39 is 5.66 Å². The number of nitrogens with one attached hydrogen (secondary N) is 2. The number of fused-ring (bicyclic) bond motifs is 1. The Balaban J connectivity index is 1.33. The highest BCUT2D eigenvalue weighted by molar-refractivity contribution is 7.21. The molecule has 9 nitrogen and oxygen atoms in total. The van der Waals surface area contributed by atoms with Gasteiger partial charge in [0.25, 0.3) is 11.8 Å². The zero-order chi connectivity index (χ0) is 31.6. The maximum atomic E-state index is 14.7. The molecular weight excluding hydrogens is 582 g/mol. The van der Waals surface area contributed by atoms with Gasteiger partial charge < -0.3 is 10.2 Å². The summed E-state index contributed by atoms with van der Waals surface area (Å²) in [5.74, 6) is 0.828. The maximum absolute atomic E-state index is 14.7. The molecule has 4 aromatic rings. The third kappa shape index (κ3) is 6.43. The van der Waals surface area contributed by atoms with Crippen molar-refractivity contribution in [2.75, 3.05) is 0 Å². The number of unbranched alkanes of at least 4 members (excludes halogenated alkanes) is 2. The quantitative estimate of drug-likeness (QED) is 0.180. The molecule has 2 aromatic carbocycles. The molecule has 2 amide bonds. The highest BCUT2D eigenvalue weighted by atomic mass is 32.1. The molecule has 2 N–H and O–H groups in total. The van der Waals surface area contributed by atoms with Crippen LogP contribution in [-0.2, 0) is 11.3 Å². The van der Waals surface area contributed by atoms with Gasteiger partial charge in [0, 0.05) is 10.3 Å². The molecule has 10 heteroatoms. The molecule has 1 fully saturated rings. The van der Waals surface area contributed by atoms with E-state index in [0.29, 0.717) is 23.0 Å². The van der Waals surface area contributed by atoms with Crippen LogP contribution in [0.5, 0.6) is 0 Å². The Hall–Kier alpha value is -3.92. The van der Waals surface area contributed by atoms with Crippen LogP contribution in [0.15, 0.2) is 59.6 Å². The number of hydrogen-bond acceptors (Lipinski definition) is 7. The van der Waals surface area contributed by atoms with E-state index >= 15 is 0 Å². The molecule has 3 heterocycles. The number of aromatic nitrogens is 4. The number of aromatic amines is 1. The van der Waals surface area contributed by atoms with E-state index in [0.717, 1.165) is 67.2 Å². The van der Waals surface area contributed by atoms with E-state index in [9.17, 15) is 9.59 Å². The molecule has 1 saturated carbocycles. The van der Waals surface area contributed by atoms with Gasteiger partial charge in [0.05, 0.1) is 17.5 Å². The van der Waals surface area contributed by atoms with E-state index in [1.165, 1.54) is 4.70 Å². The summed E-state index contributed by atoms with van der Waals surface area (Å²) >= 11 is 1.65. The Morgan fingerprint density at radius 1 is 1.11 bits per heavy atom. The largest absolute Gasteiger partial charge is 0.345 e. The molecule has 1 atom stereocenters. The van der Waals surface area contributed by atoms with Crippen LogP contribution in [0.4, 0.5) is 0 Å². The highest BCUT2D eigenvalue weighted by Gasteiger charge is 2.52. The third-order valence-corrected chi connectivity index (χ3v) is 10.7. The summed E-state index contributed by atoms with van der Waals surface area (Å²) in [6.45, 7) is 9.37. The van der Waals surface area contributed by atoms with Gasteiger partial charge in [-0.1, -0.05) is 82.5 Å². The zero-order valence-corrected chi connectivity index (χ0v) is 27.5. The molecule has 45 heavy (non-hydrogen) atoms. The summed E-state index contributed by atoms with van der Waals surface area (Å²) in [4.78, 5) is 36.1. The van der Waals surface area contributed by atoms with Crippen LogP contribution in [0.3, 0.4) is 0 Å². The van der Waals surface area contributed by atoms with Crippen LogP contribution in [-0.4, -0.2) is 48.7 Å². The number of H-pyrrole nitrogens is 1.